The zero-order valence-electron chi connectivity index (χ0n) is 14.7. The fourth-order valence-electron chi connectivity index (χ4n) is 3.56. The van der Waals surface area contributed by atoms with E-state index in [0.717, 1.165) is 11.6 Å². The smallest absolute Gasteiger partial charge is 0.0432 e. The highest BCUT2D eigenvalue weighted by molar-refractivity contribution is 6.30. The number of halogens is 1. The average Bonchev–Trinajstić information content (AvgIpc) is 2.62. The van der Waals surface area contributed by atoms with Crippen molar-refractivity contribution in [3.8, 4) is 0 Å². The lowest BCUT2D eigenvalue weighted by Gasteiger charge is -2.41. The Labute approximate surface area is 151 Å². The fraction of sp³-hybridized carbons (Fsp3) is 0.429. The molecule has 3 heteroatoms. The van der Waals surface area contributed by atoms with Crippen LogP contribution in [0.5, 0.6) is 0 Å². The van der Waals surface area contributed by atoms with Crippen LogP contribution in [0, 0.1) is 0 Å². The van der Waals surface area contributed by atoms with Gasteiger partial charge in [0, 0.05) is 42.4 Å². The van der Waals surface area contributed by atoms with Gasteiger partial charge in [-0.1, -0.05) is 41.9 Å². The van der Waals surface area contributed by atoms with Gasteiger partial charge in [-0.25, -0.2) is 0 Å². The van der Waals surface area contributed by atoms with Crippen LogP contribution >= 0.6 is 11.6 Å². The molecule has 0 saturated carbocycles. The molecular formula is C21H27ClN2. The number of rotatable bonds is 5. The number of likely N-dealkylation sites (tertiary alicyclic amines) is 1. The third kappa shape index (κ3) is 4.31. The maximum atomic E-state index is 6.09. The third-order valence-electron chi connectivity index (χ3n) is 5.02. The van der Waals surface area contributed by atoms with E-state index in [1.165, 1.54) is 37.2 Å². The highest BCUT2D eigenvalue weighted by Crippen LogP contribution is 2.27. The summed E-state index contributed by atoms with van der Waals surface area (Å²) in [5.41, 5.74) is 2.63. The molecule has 0 unspecified atom stereocenters. The van der Waals surface area contributed by atoms with Crippen molar-refractivity contribution in [2.75, 3.05) is 18.0 Å². The van der Waals surface area contributed by atoms with Crippen LogP contribution in [-0.4, -0.2) is 30.1 Å². The molecule has 1 aliphatic rings. The minimum Gasteiger partial charge on any atom is -0.364 e. The van der Waals surface area contributed by atoms with Crippen molar-refractivity contribution < 1.29 is 0 Å². The molecule has 0 radical (unpaired) electrons. The molecule has 0 amide bonds. The molecule has 2 nitrogen and oxygen atoms in total. The number of nitrogens with zero attached hydrogens (tertiary/aromatic N) is 2. The van der Waals surface area contributed by atoms with Crippen LogP contribution in [0.25, 0.3) is 0 Å². The van der Waals surface area contributed by atoms with Crippen molar-refractivity contribution in [2.24, 2.45) is 0 Å². The molecule has 0 aliphatic carbocycles. The lowest BCUT2D eigenvalue weighted by molar-refractivity contribution is 0.169. The van der Waals surface area contributed by atoms with Crippen molar-refractivity contribution in [1.29, 1.82) is 0 Å². The maximum Gasteiger partial charge on any atom is 0.0432 e. The van der Waals surface area contributed by atoms with E-state index in [1.807, 2.05) is 12.1 Å². The monoisotopic (exact) mass is 342 g/mol. The Morgan fingerprint density at radius 1 is 1.00 bits per heavy atom. The minimum absolute atomic E-state index is 0.585. The molecule has 2 aromatic carbocycles. The van der Waals surface area contributed by atoms with Gasteiger partial charge >= 0.3 is 0 Å². The summed E-state index contributed by atoms with van der Waals surface area (Å²) in [6, 6.07) is 20.3. The van der Waals surface area contributed by atoms with Gasteiger partial charge in [-0.3, -0.25) is 0 Å². The molecule has 1 saturated heterocycles. The van der Waals surface area contributed by atoms with Gasteiger partial charge in [0.15, 0.2) is 0 Å². The summed E-state index contributed by atoms with van der Waals surface area (Å²) >= 11 is 6.09. The molecule has 3 rings (SSSR count). The molecule has 1 heterocycles. The first kappa shape index (κ1) is 17.3. The molecule has 24 heavy (non-hydrogen) atoms. The normalized spacial score (nSPS) is 16.5. The Hall–Kier alpha value is -1.51. The summed E-state index contributed by atoms with van der Waals surface area (Å²) in [5.74, 6) is 0. The number of piperidine rings is 1. The van der Waals surface area contributed by atoms with Crippen LogP contribution in [0.2, 0.25) is 5.02 Å². The van der Waals surface area contributed by atoms with E-state index >= 15 is 0 Å². The van der Waals surface area contributed by atoms with Crippen molar-refractivity contribution >= 4 is 17.3 Å². The summed E-state index contributed by atoms with van der Waals surface area (Å²) in [5, 5.41) is 0.799. The molecule has 0 N–H and O–H groups in total. The first-order valence-electron chi connectivity index (χ1n) is 8.93. The van der Waals surface area contributed by atoms with Crippen LogP contribution < -0.4 is 4.90 Å². The number of hydrogen-bond acceptors (Lipinski definition) is 2. The summed E-state index contributed by atoms with van der Waals surface area (Å²) < 4.78 is 0. The fourth-order valence-corrected chi connectivity index (χ4v) is 3.68. The SMILES string of the molecule is CC(C)N1CCC(N(Cc2ccccc2)c2ccc(Cl)cc2)CC1. The van der Waals surface area contributed by atoms with E-state index in [0.29, 0.717) is 12.1 Å². The number of anilines is 1. The van der Waals surface area contributed by atoms with Crippen molar-refractivity contribution in [3.63, 3.8) is 0 Å². The van der Waals surface area contributed by atoms with Crippen LogP contribution in [0.1, 0.15) is 32.3 Å². The van der Waals surface area contributed by atoms with Crippen molar-refractivity contribution in [3.05, 3.63) is 65.2 Å². The van der Waals surface area contributed by atoms with Gasteiger partial charge in [-0.2, -0.15) is 0 Å². The highest BCUT2D eigenvalue weighted by Gasteiger charge is 2.26. The van der Waals surface area contributed by atoms with E-state index in [1.54, 1.807) is 0 Å². The summed E-state index contributed by atoms with van der Waals surface area (Å²) in [4.78, 5) is 5.14. The molecule has 2 aromatic rings. The topological polar surface area (TPSA) is 6.48 Å². The molecule has 0 spiro atoms. The van der Waals surface area contributed by atoms with Gasteiger partial charge in [0.2, 0.25) is 0 Å². The van der Waals surface area contributed by atoms with Gasteiger partial charge in [0.05, 0.1) is 0 Å². The molecule has 1 fully saturated rings. The Morgan fingerprint density at radius 3 is 2.21 bits per heavy atom. The second-order valence-electron chi connectivity index (χ2n) is 6.95. The van der Waals surface area contributed by atoms with Crippen molar-refractivity contribution in [2.45, 2.75) is 45.3 Å². The molecule has 0 atom stereocenters. The Kier molecular flexibility index (Phi) is 5.80. The first-order valence-corrected chi connectivity index (χ1v) is 9.31. The summed E-state index contributed by atoms with van der Waals surface area (Å²) in [7, 11) is 0. The summed E-state index contributed by atoms with van der Waals surface area (Å²) in [6.45, 7) is 7.90. The zero-order chi connectivity index (χ0) is 16.9. The van der Waals surface area contributed by atoms with E-state index in [2.05, 4.69) is 66.1 Å². The van der Waals surface area contributed by atoms with Crippen LogP contribution in [0.15, 0.2) is 54.6 Å². The molecule has 0 aromatic heterocycles. The third-order valence-corrected chi connectivity index (χ3v) is 5.28. The summed E-state index contributed by atoms with van der Waals surface area (Å²) in [6.07, 6.45) is 2.43. The van der Waals surface area contributed by atoms with E-state index in [9.17, 15) is 0 Å². The Morgan fingerprint density at radius 2 is 1.62 bits per heavy atom. The molecule has 1 aliphatic heterocycles. The van der Waals surface area contributed by atoms with Crippen molar-refractivity contribution in [1.82, 2.24) is 4.90 Å². The quantitative estimate of drug-likeness (QED) is 0.735. The van der Waals surface area contributed by atoms with Gasteiger partial charge in [-0.15, -0.1) is 0 Å². The van der Waals surface area contributed by atoms with Gasteiger partial charge < -0.3 is 9.80 Å². The number of hydrogen-bond donors (Lipinski definition) is 0. The van der Waals surface area contributed by atoms with Gasteiger partial charge in [0.1, 0.15) is 0 Å². The predicted molar refractivity (Wildman–Crippen MR) is 104 cm³/mol. The second kappa shape index (κ2) is 8.04. The highest BCUT2D eigenvalue weighted by atomic mass is 35.5. The Balaban J connectivity index is 1.78. The zero-order valence-corrected chi connectivity index (χ0v) is 15.4. The van der Waals surface area contributed by atoms with Gasteiger partial charge in [-0.05, 0) is 56.5 Å². The van der Waals surface area contributed by atoms with Crippen LogP contribution in [0.4, 0.5) is 5.69 Å². The minimum atomic E-state index is 0.585. The number of benzene rings is 2. The predicted octanol–water partition coefficient (Wildman–Crippen LogP) is 5.22. The largest absolute Gasteiger partial charge is 0.364 e. The van der Waals surface area contributed by atoms with E-state index in [4.69, 9.17) is 11.6 Å². The lowest BCUT2D eigenvalue weighted by atomic mass is 10.00. The average molecular weight is 343 g/mol. The second-order valence-corrected chi connectivity index (χ2v) is 7.39. The van der Waals surface area contributed by atoms with Gasteiger partial charge in [0.25, 0.3) is 0 Å². The lowest BCUT2D eigenvalue weighted by Crippen LogP contribution is -2.46. The standard InChI is InChI=1S/C21H27ClN2/c1-17(2)23-14-12-21(13-15-23)24(16-18-6-4-3-5-7-18)20-10-8-19(22)9-11-20/h3-11,17,21H,12-16H2,1-2H3. The molecular weight excluding hydrogens is 316 g/mol. The van der Waals surface area contributed by atoms with Crippen LogP contribution in [0.3, 0.4) is 0 Å². The molecule has 0 bridgehead atoms. The first-order chi connectivity index (χ1) is 11.6. The molecule has 128 valence electrons. The van der Waals surface area contributed by atoms with E-state index in [-0.39, 0.29) is 0 Å². The maximum absolute atomic E-state index is 6.09. The van der Waals surface area contributed by atoms with Crippen LogP contribution in [-0.2, 0) is 6.54 Å². The Bertz CT molecular complexity index is 616. The van der Waals surface area contributed by atoms with E-state index < -0.39 is 0 Å².